The number of aromatic nitrogens is 4. The van der Waals surface area contributed by atoms with Crippen molar-refractivity contribution in [3.63, 3.8) is 0 Å². The van der Waals surface area contributed by atoms with Gasteiger partial charge in [-0.25, -0.2) is 4.98 Å². The van der Waals surface area contributed by atoms with Crippen molar-refractivity contribution in [3.05, 3.63) is 59.8 Å². The highest BCUT2D eigenvalue weighted by molar-refractivity contribution is 5.83. The van der Waals surface area contributed by atoms with E-state index < -0.39 is 0 Å². The van der Waals surface area contributed by atoms with E-state index in [0.29, 0.717) is 6.61 Å². The molecule has 5 rings (SSSR count). The van der Waals surface area contributed by atoms with E-state index >= 15 is 0 Å². The van der Waals surface area contributed by atoms with Gasteiger partial charge in [0.1, 0.15) is 5.69 Å². The summed E-state index contributed by atoms with van der Waals surface area (Å²) in [6, 6.07) is 14.9. The van der Waals surface area contributed by atoms with Crippen molar-refractivity contribution in [2.45, 2.75) is 32.0 Å². The Morgan fingerprint density at radius 2 is 2.07 bits per heavy atom. The lowest BCUT2D eigenvalue weighted by atomic mass is 10.1. The van der Waals surface area contributed by atoms with E-state index in [-0.39, 0.29) is 12.1 Å². The third-order valence-corrected chi connectivity index (χ3v) is 6.04. The van der Waals surface area contributed by atoms with Crippen LogP contribution in [0.1, 0.15) is 30.5 Å². The highest BCUT2D eigenvalue weighted by Crippen LogP contribution is 2.27. The van der Waals surface area contributed by atoms with Crippen molar-refractivity contribution < 1.29 is 4.74 Å². The molecule has 30 heavy (non-hydrogen) atoms. The average molecular weight is 403 g/mol. The summed E-state index contributed by atoms with van der Waals surface area (Å²) in [5.41, 5.74) is 10.9. The fourth-order valence-electron chi connectivity index (χ4n) is 4.31. The van der Waals surface area contributed by atoms with Crippen LogP contribution in [0.2, 0.25) is 0 Å². The minimum absolute atomic E-state index is 0.268. The molecule has 0 aliphatic carbocycles. The molecule has 7 nitrogen and oxygen atoms in total. The Morgan fingerprint density at radius 3 is 2.87 bits per heavy atom. The van der Waals surface area contributed by atoms with Gasteiger partial charge in [-0.2, -0.15) is 0 Å². The van der Waals surface area contributed by atoms with Crippen LogP contribution in [0, 0.1) is 0 Å². The minimum Gasteiger partial charge on any atom is -0.380 e. The number of rotatable bonds is 5. The van der Waals surface area contributed by atoms with Crippen molar-refractivity contribution in [3.8, 4) is 11.5 Å². The van der Waals surface area contributed by atoms with E-state index in [1.807, 2.05) is 28.7 Å². The van der Waals surface area contributed by atoms with Crippen LogP contribution in [0.4, 0.5) is 0 Å². The summed E-state index contributed by atoms with van der Waals surface area (Å²) in [6.07, 6.45) is 3.18. The van der Waals surface area contributed by atoms with Crippen LogP contribution in [0.25, 0.3) is 28.1 Å². The van der Waals surface area contributed by atoms with Crippen LogP contribution in [0.5, 0.6) is 0 Å². The number of fused-ring (bicyclic) bond motifs is 2. The van der Waals surface area contributed by atoms with Crippen LogP contribution in [-0.4, -0.2) is 50.7 Å². The summed E-state index contributed by atoms with van der Waals surface area (Å²) in [5, 5.41) is 9.89. The Bertz CT molecular complexity index is 1200. The average Bonchev–Trinajstić information content (AvgIpc) is 3.39. The van der Waals surface area contributed by atoms with E-state index in [9.17, 15) is 0 Å². The number of hydrogen-bond donors (Lipinski definition) is 1. The fraction of sp³-hybridized carbons (Fsp3) is 0.348. The maximum absolute atomic E-state index is 6.11. The van der Waals surface area contributed by atoms with Crippen LogP contribution in [-0.2, 0) is 11.3 Å². The number of hydrogen-bond acceptors (Lipinski definition) is 6. The standard InChI is InChI=1S/C23H26N6O/c1-15(28-11-10-19(24)13-28)17-7-9-21-26-27-23(29(21)12-17)20-8-6-16-4-3-5-18(14-30-2)22(16)25-20/h3-9,12,15,19H,10-11,13-14,24H2,1-2H3/t15-,19-/m0/s1. The Kier molecular flexibility index (Phi) is 4.94. The van der Waals surface area contributed by atoms with Gasteiger partial charge in [0, 0.05) is 49.4 Å². The van der Waals surface area contributed by atoms with Gasteiger partial charge < -0.3 is 10.5 Å². The molecule has 154 valence electrons. The molecular weight excluding hydrogens is 376 g/mol. The van der Waals surface area contributed by atoms with E-state index in [4.69, 9.17) is 15.5 Å². The minimum atomic E-state index is 0.268. The largest absolute Gasteiger partial charge is 0.380 e. The van der Waals surface area contributed by atoms with Crippen molar-refractivity contribution in [2.75, 3.05) is 20.2 Å². The zero-order valence-corrected chi connectivity index (χ0v) is 17.3. The number of nitrogens with zero attached hydrogens (tertiary/aromatic N) is 5. The first kappa shape index (κ1) is 19.1. The molecule has 1 aromatic carbocycles. The van der Waals surface area contributed by atoms with E-state index in [1.54, 1.807) is 7.11 Å². The van der Waals surface area contributed by atoms with Gasteiger partial charge in [-0.1, -0.05) is 30.3 Å². The SMILES string of the molecule is COCc1cccc2ccc(-c3nnc4ccc([C@H](C)N5CC[C@H](N)C5)cn34)nc12. The second-order valence-electron chi connectivity index (χ2n) is 8.05. The zero-order chi connectivity index (χ0) is 20.7. The number of methoxy groups -OCH3 is 1. The number of nitrogens with two attached hydrogens (primary N) is 1. The molecule has 1 fully saturated rings. The van der Waals surface area contributed by atoms with Crippen LogP contribution < -0.4 is 5.73 Å². The highest BCUT2D eigenvalue weighted by Gasteiger charge is 2.25. The lowest BCUT2D eigenvalue weighted by Crippen LogP contribution is -2.28. The van der Waals surface area contributed by atoms with Crippen LogP contribution in [0.3, 0.4) is 0 Å². The molecule has 0 amide bonds. The van der Waals surface area contributed by atoms with Crippen molar-refractivity contribution >= 4 is 16.6 Å². The molecule has 1 aliphatic rings. The highest BCUT2D eigenvalue weighted by atomic mass is 16.5. The first-order valence-electron chi connectivity index (χ1n) is 10.4. The fourth-order valence-corrected chi connectivity index (χ4v) is 4.31. The van der Waals surface area contributed by atoms with Gasteiger partial charge in [-0.3, -0.25) is 9.30 Å². The summed E-state index contributed by atoms with van der Waals surface area (Å²) in [5.74, 6) is 0.742. The number of pyridine rings is 2. The van der Waals surface area contributed by atoms with Crippen molar-refractivity contribution in [1.82, 2.24) is 24.5 Å². The summed E-state index contributed by atoms with van der Waals surface area (Å²) in [4.78, 5) is 7.35. The van der Waals surface area contributed by atoms with Gasteiger partial charge in [-0.15, -0.1) is 10.2 Å². The van der Waals surface area contributed by atoms with Gasteiger partial charge in [0.15, 0.2) is 11.5 Å². The van der Waals surface area contributed by atoms with Crippen LogP contribution >= 0.6 is 0 Å². The molecule has 4 aromatic rings. The Morgan fingerprint density at radius 1 is 1.17 bits per heavy atom. The number of benzene rings is 1. The van der Waals surface area contributed by atoms with E-state index in [1.165, 1.54) is 5.56 Å². The zero-order valence-electron chi connectivity index (χ0n) is 17.3. The molecule has 2 N–H and O–H groups in total. The normalized spacial score (nSPS) is 18.4. The molecule has 1 aliphatic heterocycles. The second kappa shape index (κ2) is 7.75. The molecule has 2 atom stereocenters. The predicted molar refractivity (Wildman–Crippen MR) is 117 cm³/mol. The smallest absolute Gasteiger partial charge is 0.187 e. The maximum atomic E-state index is 6.11. The monoisotopic (exact) mass is 402 g/mol. The van der Waals surface area contributed by atoms with Crippen LogP contribution in [0.15, 0.2) is 48.7 Å². The lowest BCUT2D eigenvalue weighted by Gasteiger charge is -2.24. The van der Waals surface area contributed by atoms with Crippen molar-refractivity contribution in [1.29, 1.82) is 0 Å². The summed E-state index contributed by atoms with van der Waals surface area (Å²) < 4.78 is 7.39. The molecule has 0 unspecified atom stereocenters. The van der Waals surface area contributed by atoms with Crippen molar-refractivity contribution in [2.24, 2.45) is 5.73 Å². The molecular formula is C23H26N6O. The third-order valence-electron chi connectivity index (χ3n) is 6.04. The van der Waals surface area contributed by atoms with Gasteiger partial charge in [0.05, 0.1) is 12.1 Å². The van der Waals surface area contributed by atoms with Gasteiger partial charge in [0.2, 0.25) is 0 Å². The Labute approximate surface area is 175 Å². The van der Waals surface area contributed by atoms with Gasteiger partial charge in [0.25, 0.3) is 0 Å². The topological polar surface area (TPSA) is 81.6 Å². The molecule has 0 bridgehead atoms. The Balaban J connectivity index is 1.57. The first-order valence-corrected chi connectivity index (χ1v) is 10.4. The molecule has 7 heteroatoms. The van der Waals surface area contributed by atoms with Gasteiger partial charge >= 0.3 is 0 Å². The molecule has 3 aromatic heterocycles. The summed E-state index contributed by atoms with van der Waals surface area (Å²) in [7, 11) is 1.70. The quantitative estimate of drug-likeness (QED) is 0.552. The lowest BCUT2D eigenvalue weighted by molar-refractivity contribution is 0.186. The molecule has 4 heterocycles. The Hall–Kier alpha value is -2.87. The molecule has 0 saturated carbocycles. The molecule has 0 spiro atoms. The number of ether oxygens (including phenoxy) is 1. The first-order chi connectivity index (χ1) is 14.6. The molecule has 0 radical (unpaired) electrons. The maximum Gasteiger partial charge on any atom is 0.187 e. The summed E-state index contributed by atoms with van der Waals surface area (Å²) in [6.45, 7) is 4.72. The second-order valence-corrected chi connectivity index (χ2v) is 8.05. The third kappa shape index (κ3) is 3.35. The van der Waals surface area contributed by atoms with E-state index in [2.05, 4.69) is 46.4 Å². The predicted octanol–water partition coefficient (Wildman–Crippen LogP) is 3.18. The summed E-state index contributed by atoms with van der Waals surface area (Å²) >= 11 is 0. The number of para-hydroxylation sites is 1. The van der Waals surface area contributed by atoms with E-state index in [0.717, 1.165) is 53.1 Å². The number of likely N-dealkylation sites (tertiary alicyclic amines) is 1. The molecule has 1 saturated heterocycles. The van der Waals surface area contributed by atoms with Gasteiger partial charge in [-0.05, 0) is 31.0 Å².